The quantitative estimate of drug-likeness (QED) is 0.842. The third-order valence-electron chi connectivity index (χ3n) is 3.11. The van der Waals surface area contributed by atoms with Crippen LogP contribution in [-0.2, 0) is 10.0 Å². The van der Waals surface area contributed by atoms with Gasteiger partial charge in [-0.2, -0.15) is 11.8 Å². The summed E-state index contributed by atoms with van der Waals surface area (Å²) < 4.78 is 38.3. The van der Waals surface area contributed by atoms with Gasteiger partial charge >= 0.3 is 6.03 Å². The molecule has 0 spiro atoms. The van der Waals surface area contributed by atoms with Crippen molar-refractivity contribution in [2.24, 2.45) is 0 Å². The molecule has 1 heterocycles. The van der Waals surface area contributed by atoms with Crippen LogP contribution in [0.1, 0.15) is 0 Å². The van der Waals surface area contributed by atoms with Crippen molar-refractivity contribution in [3.63, 3.8) is 0 Å². The summed E-state index contributed by atoms with van der Waals surface area (Å²) in [5, 5.41) is 4.99. The number of urea groups is 1. The Balaban J connectivity index is 1.75. The van der Waals surface area contributed by atoms with E-state index < -0.39 is 21.9 Å². The first kappa shape index (κ1) is 17.0. The Bertz CT molecular complexity index is 601. The lowest BCUT2D eigenvalue weighted by molar-refractivity contribution is 0.252. The fraction of sp³-hybridized carbons (Fsp3) is 0.462. The molecule has 1 aromatic carbocycles. The molecule has 1 saturated heterocycles. The first-order chi connectivity index (χ1) is 10.5. The third-order valence-corrected chi connectivity index (χ3v) is 5.93. The summed E-state index contributed by atoms with van der Waals surface area (Å²) in [6.07, 6.45) is 0. The predicted molar refractivity (Wildman–Crippen MR) is 86.1 cm³/mol. The van der Waals surface area contributed by atoms with Gasteiger partial charge in [0, 0.05) is 36.8 Å². The highest BCUT2D eigenvalue weighted by molar-refractivity contribution is 7.99. The molecule has 2 N–H and O–H groups in total. The van der Waals surface area contributed by atoms with Crippen LogP contribution < -0.4 is 10.6 Å². The molecule has 1 aliphatic heterocycles. The molecule has 1 aromatic rings. The summed E-state index contributed by atoms with van der Waals surface area (Å²) in [7, 11) is -3.33. The smallest absolute Gasteiger partial charge is 0.319 e. The van der Waals surface area contributed by atoms with Crippen LogP contribution in [0.3, 0.4) is 0 Å². The van der Waals surface area contributed by atoms with E-state index in [1.807, 2.05) is 0 Å². The largest absolute Gasteiger partial charge is 0.337 e. The number of rotatable bonds is 5. The highest BCUT2D eigenvalue weighted by atomic mass is 32.2. The molecular formula is C13H18FN3O3S2. The summed E-state index contributed by atoms with van der Waals surface area (Å²) in [5.74, 6) is 1.08. The molecule has 122 valence electrons. The standard InChI is InChI=1S/C13H18FN3O3S2/c14-11-1-3-12(4-2-11)16-13(18)15-5-10-22(19,20)17-6-8-21-9-7-17/h1-4H,5-10H2,(H2,15,16,18). The number of halogens is 1. The minimum atomic E-state index is -3.33. The highest BCUT2D eigenvalue weighted by Crippen LogP contribution is 2.13. The number of amides is 2. The van der Waals surface area contributed by atoms with Gasteiger partial charge in [-0.1, -0.05) is 0 Å². The maximum atomic E-state index is 12.7. The molecule has 1 aliphatic rings. The topological polar surface area (TPSA) is 78.5 Å². The van der Waals surface area contributed by atoms with Gasteiger partial charge in [-0.05, 0) is 24.3 Å². The third kappa shape index (κ3) is 5.15. The second-order valence-corrected chi connectivity index (χ2v) is 8.03. The van der Waals surface area contributed by atoms with Crippen LogP contribution in [0.15, 0.2) is 24.3 Å². The number of sulfonamides is 1. The number of hydrogen-bond acceptors (Lipinski definition) is 4. The normalized spacial score (nSPS) is 16.2. The number of benzene rings is 1. The van der Waals surface area contributed by atoms with Crippen LogP contribution in [0, 0.1) is 5.82 Å². The number of hydrogen-bond donors (Lipinski definition) is 2. The van der Waals surface area contributed by atoms with E-state index in [0.717, 1.165) is 11.5 Å². The second kappa shape index (κ2) is 7.80. The summed E-state index contributed by atoms with van der Waals surface area (Å²) in [6.45, 7) is 1.07. The van der Waals surface area contributed by atoms with Gasteiger partial charge in [0.05, 0.1) is 5.75 Å². The van der Waals surface area contributed by atoms with E-state index in [-0.39, 0.29) is 12.3 Å². The summed E-state index contributed by atoms with van der Waals surface area (Å²) >= 11 is 1.73. The van der Waals surface area contributed by atoms with Crippen molar-refractivity contribution in [3.8, 4) is 0 Å². The number of nitrogens with one attached hydrogen (secondary N) is 2. The molecule has 2 amide bonds. The second-order valence-electron chi connectivity index (χ2n) is 4.72. The first-order valence-electron chi connectivity index (χ1n) is 6.83. The summed E-state index contributed by atoms with van der Waals surface area (Å²) in [6, 6.07) is 4.80. The lowest BCUT2D eigenvalue weighted by Crippen LogP contribution is -2.42. The average molecular weight is 347 g/mol. The van der Waals surface area contributed by atoms with Gasteiger partial charge in [0.2, 0.25) is 10.0 Å². The molecule has 0 bridgehead atoms. The molecule has 0 radical (unpaired) electrons. The van der Waals surface area contributed by atoms with Gasteiger partial charge in [-0.25, -0.2) is 21.9 Å². The van der Waals surface area contributed by atoms with E-state index in [2.05, 4.69) is 10.6 Å². The van der Waals surface area contributed by atoms with Gasteiger partial charge < -0.3 is 10.6 Å². The Hall–Kier alpha value is -1.32. The number of thioether (sulfide) groups is 1. The maximum Gasteiger partial charge on any atom is 0.319 e. The molecule has 1 fully saturated rings. The highest BCUT2D eigenvalue weighted by Gasteiger charge is 2.23. The molecule has 0 atom stereocenters. The monoisotopic (exact) mass is 347 g/mol. The summed E-state index contributed by atoms with van der Waals surface area (Å²) in [5.41, 5.74) is 0.440. The van der Waals surface area contributed by atoms with Crippen molar-refractivity contribution in [2.45, 2.75) is 0 Å². The molecule has 9 heteroatoms. The lowest BCUT2D eigenvalue weighted by atomic mass is 10.3. The Labute approximate surface area is 133 Å². The molecule has 0 saturated carbocycles. The lowest BCUT2D eigenvalue weighted by Gasteiger charge is -2.25. The molecule has 2 rings (SSSR count). The SMILES string of the molecule is O=C(NCCS(=O)(=O)N1CCSCC1)Nc1ccc(F)cc1. The summed E-state index contributed by atoms with van der Waals surface area (Å²) in [4.78, 5) is 11.6. The van der Waals surface area contributed by atoms with E-state index in [0.29, 0.717) is 18.8 Å². The van der Waals surface area contributed by atoms with E-state index in [1.165, 1.54) is 28.6 Å². The van der Waals surface area contributed by atoms with Crippen molar-refractivity contribution >= 4 is 33.5 Å². The van der Waals surface area contributed by atoms with E-state index in [4.69, 9.17) is 0 Å². The van der Waals surface area contributed by atoms with Crippen molar-refractivity contribution in [1.29, 1.82) is 0 Å². The van der Waals surface area contributed by atoms with Crippen molar-refractivity contribution in [1.82, 2.24) is 9.62 Å². The van der Waals surface area contributed by atoms with Crippen LogP contribution in [0.4, 0.5) is 14.9 Å². The van der Waals surface area contributed by atoms with Gasteiger partial charge in [0.1, 0.15) is 5.82 Å². The minimum absolute atomic E-state index is 0.0268. The van der Waals surface area contributed by atoms with Crippen molar-refractivity contribution < 1.29 is 17.6 Å². The van der Waals surface area contributed by atoms with Gasteiger partial charge in [0.25, 0.3) is 0 Å². The van der Waals surface area contributed by atoms with E-state index in [9.17, 15) is 17.6 Å². The van der Waals surface area contributed by atoms with Gasteiger partial charge in [-0.3, -0.25) is 0 Å². The zero-order valence-corrected chi connectivity index (χ0v) is 13.6. The maximum absolute atomic E-state index is 12.7. The first-order valence-corrected chi connectivity index (χ1v) is 9.60. The van der Waals surface area contributed by atoms with E-state index in [1.54, 1.807) is 11.8 Å². The van der Waals surface area contributed by atoms with Crippen LogP contribution >= 0.6 is 11.8 Å². The molecule has 0 unspecified atom stereocenters. The van der Waals surface area contributed by atoms with Gasteiger partial charge in [-0.15, -0.1) is 0 Å². The van der Waals surface area contributed by atoms with E-state index >= 15 is 0 Å². The molecule has 6 nitrogen and oxygen atoms in total. The zero-order chi connectivity index (χ0) is 16.0. The van der Waals surface area contributed by atoms with Crippen LogP contribution in [0.5, 0.6) is 0 Å². The average Bonchev–Trinajstić information content (AvgIpc) is 2.50. The van der Waals surface area contributed by atoms with Gasteiger partial charge in [0.15, 0.2) is 0 Å². The fourth-order valence-electron chi connectivity index (χ4n) is 1.96. The number of anilines is 1. The molecule has 22 heavy (non-hydrogen) atoms. The van der Waals surface area contributed by atoms with Crippen LogP contribution in [0.2, 0.25) is 0 Å². The zero-order valence-electron chi connectivity index (χ0n) is 11.9. The number of carbonyl (C=O) groups excluding carboxylic acids is 1. The predicted octanol–water partition coefficient (Wildman–Crippen LogP) is 1.33. The molecular weight excluding hydrogens is 329 g/mol. The Kier molecular flexibility index (Phi) is 6.04. The molecule has 0 aromatic heterocycles. The molecule has 0 aliphatic carbocycles. The van der Waals surface area contributed by atoms with Crippen molar-refractivity contribution in [2.75, 3.05) is 42.2 Å². The van der Waals surface area contributed by atoms with Crippen molar-refractivity contribution in [3.05, 3.63) is 30.1 Å². The Morgan fingerprint density at radius 3 is 2.50 bits per heavy atom. The van der Waals surface area contributed by atoms with Crippen LogP contribution in [0.25, 0.3) is 0 Å². The number of nitrogens with zero attached hydrogens (tertiary/aromatic N) is 1. The van der Waals surface area contributed by atoms with Crippen LogP contribution in [-0.4, -0.2) is 55.6 Å². The Morgan fingerprint density at radius 2 is 1.86 bits per heavy atom. The fourth-order valence-corrected chi connectivity index (χ4v) is 4.45. The Morgan fingerprint density at radius 1 is 1.23 bits per heavy atom. The number of carbonyl (C=O) groups is 1. The minimum Gasteiger partial charge on any atom is -0.337 e.